The van der Waals surface area contributed by atoms with E-state index in [1.807, 2.05) is 0 Å². The van der Waals surface area contributed by atoms with Crippen molar-refractivity contribution in [2.24, 2.45) is 18.2 Å². The van der Waals surface area contributed by atoms with Crippen LogP contribution >= 0.6 is 23.4 Å². The Labute approximate surface area is 217 Å². The van der Waals surface area contributed by atoms with Gasteiger partial charge >= 0.3 is 0 Å². The van der Waals surface area contributed by atoms with E-state index in [0.717, 1.165) is 38.2 Å². The zero-order chi connectivity index (χ0) is 25.0. The molecule has 4 N–H and O–H groups in total. The molecule has 10 heteroatoms. The second kappa shape index (κ2) is 8.76. The molecule has 1 aliphatic carbocycles. The number of nitrogens with zero attached hydrogens (tertiary/aromatic N) is 5. The lowest BCUT2D eigenvalue weighted by molar-refractivity contribution is 0.187. The summed E-state index contributed by atoms with van der Waals surface area (Å²) in [5, 5.41) is 1.75. The lowest BCUT2D eigenvalue weighted by Crippen LogP contribution is -2.44. The second-order valence-electron chi connectivity index (χ2n) is 9.62. The SMILES string of the molecule is Cn1c(Sc2ncc(N3CCC4(CC3)Cc3ccccc3C4N)nc2N)nc2cccc(Cl)c2c1=O. The zero-order valence-electron chi connectivity index (χ0n) is 19.8. The minimum absolute atomic E-state index is 0.0711. The molecule has 1 aliphatic heterocycles. The summed E-state index contributed by atoms with van der Waals surface area (Å²) in [6.45, 7) is 1.70. The Balaban J connectivity index is 1.20. The van der Waals surface area contributed by atoms with Gasteiger partial charge in [-0.25, -0.2) is 15.0 Å². The molecule has 1 spiro atoms. The maximum atomic E-state index is 12.8. The molecular formula is C26H26ClN7OS. The fourth-order valence-corrected chi connectivity index (χ4v) is 6.57. The molecule has 1 saturated heterocycles. The van der Waals surface area contributed by atoms with E-state index < -0.39 is 0 Å². The smallest absolute Gasteiger partial charge is 0.263 e. The second-order valence-corrected chi connectivity index (χ2v) is 11.0. The molecule has 1 fully saturated rings. The van der Waals surface area contributed by atoms with E-state index in [1.54, 1.807) is 31.4 Å². The molecule has 1 unspecified atom stereocenters. The highest BCUT2D eigenvalue weighted by Gasteiger charge is 2.45. The third kappa shape index (κ3) is 3.73. The van der Waals surface area contributed by atoms with Crippen LogP contribution in [0.15, 0.2) is 63.6 Å². The third-order valence-corrected chi connectivity index (χ3v) is 9.00. The first-order valence-corrected chi connectivity index (χ1v) is 13.1. The quantitative estimate of drug-likeness (QED) is 0.391. The summed E-state index contributed by atoms with van der Waals surface area (Å²) in [5.74, 6) is 1.06. The molecule has 8 nitrogen and oxygen atoms in total. The van der Waals surface area contributed by atoms with Gasteiger partial charge in [-0.15, -0.1) is 0 Å². The Morgan fingerprint density at radius 3 is 2.64 bits per heavy atom. The van der Waals surface area contributed by atoms with Gasteiger partial charge in [0.05, 0.1) is 22.1 Å². The molecule has 2 aromatic heterocycles. The Morgan fingerprint density at radius 1 is 1.11 bits per heavy atom. The maximum Gasteiger partial charge on any atom is 0.263 e. The first-order valence-electron chi connectivity index (χ1n) is 11.9. The number of hydrogen-bond donors (Lipinski definition) is 2. The summed E-state index contributed by atoms with van der Waals surface area (Å²) in [4.78, 5) is 28.9. The lowest BCUT2D eigenvalue weighted by atomic mass is 9.73. The standard InChI is InChI=1S/C26H26ClN7OS/c1-33-24(35)20-17(27)7-4-8-18(20)31-25(33)36-23-22(29)32-19(14-30-23)34-11-9-26(10-12-34)13-15-5-2-3-6-16(15)21(26)28/h2-8,14,21H,9-13,28H2,1H3,(H2,29,32). The Kier molecular flexibility index (Phi) is 5.66. The average Bonchev–Trinajstić information content (AvgIpc) is 3.15. The summed E-state index contributed by atoms with van der Waals surface area (Å²) >= 11 is 7.44. The number of rotatable bonds is 3. The van der Waals surface area contributed by atoms with E-state index in [4.69, 9.17) is 23.1 Å². The van der Waals surface area contributed by atoms with Crippen LogP contribution in [-0.2, 0) is 13.5 Å². The molecule has 184 valence electrons. The number of anilines is 2. The van der Waals surface area contributed by atoms with E-state index in [9.17, 15) is 4.79 Å². The summed E-state index contributed by atoms with van der Waals surface area (Å²) in [6.07, 6.45) is 4.76. The molecular weight excluding hydrogens is 494 g/mol. The molecule has 6 rings (SSSR count). The minimum Gasteiger partial charge on any atom is -0.381 e. The van der Waals surface area contributed by atoms with Crippen molar-refractivity contribution in [1.82, 2.24) is 19.5 Å². The van der Waals surface area contributed by atoms with Gasteiger partial charge in [0.2, 0.25) is 0 Å². The summed E-state index contributed by atoms with van der Waals surface area (Å²) < 4.78 is 1.46. The van der Waals surface area contributed by atoms with Gasteiger partial charge in [-0.05, 0) is 59.7 Å². The normalized spacial score (nSPS) is 18.6. The van der Waals surface area contributed by atoms with Gasteiger partial charge in [-0.1, -0.05) is 41.9 Å². The van der Waals surface area contributed by atoms with Crippen molar-refractivity contribution in [1.29, 1.82) is 0 Å². The zero-order valence-corrected chi connectivity index (χ0v) is 21.4. The van der Waals surface area contributed by atoms with Gasteiger partial charge < -0.3 is 16.4 Å². The van der Waals surface area contributed by atoms with E-state index in [-0.39, 0.29) is 17.0 Å². The van der Waals surface area contributed by atoms with Crippen LogP contribution in [0.1, 0.15) is 30.0 Å². The predicted molar refractivity (Wildman–Crippen MR) is 144 cm³/mol. The van der Waals surface area contributed by atoms with Crippen molar-refractivity contribution in [2.45, 2.75) is 35.5 Å². The Hall–Kier alpha value is -3.14. The van der Waals surface area contributed by atoms with Crippen molar-refractivity contribution in [3.63, 3.8) is 0 Å². The minimum atomic E-state index is -0.217. The van der Waals surface area contributed by atoms with E-state index in [1.165, 1.54) is 27.5 Å². The molecule has 4 aromatic rings. The Morgan fingerprint density at radius 2 is 1.89 bits per heavy atom. The number of hydrogen-bond acceptors (Lipinski definition) is 8. The largest absolute Gasteiger partial charge is 0.381 e. The molecule has 2 aliphatic rings. The monoisotopic (exact) mass is 519 g/mol. The lowest BCUT2D eigenvalue weighted by Gasteiger charge is -2.42. The van der Waals surface area contributed by atoms with Crippen molar-refractivity contribution in [3.05, 3.63) is 75.2 Å². The number of piperidine rings is 1. The highest BCUT2D eigenvalue weighted by Crippen LogP contribution is 2.51. The number of fused-ring (bicyclic) bond motifs is 2. The van der Waals surface area contributed by atoms with Crippen LogP contribution in [0, 0.1) is 5.41 Å². The summed E-state index contributed by atoms with van der Waals surface area (Å²) in [6, 6.07) is 13.8. The molecule has 0 saturated carbocycles. The number of nitrogen functional groups attached to an aromatic ring is 1. The highest BCUT2D eigenvalue weighted by atomic mass is 35.5. The van der Waals surface area contributed by atoms with Gasteiger partial charge in [0, 0.05) is 26.2 Å². The first-order chi connectivity index (χ1) is 17.4. The van der Waals surface area contributed by atoms with Crippen LogP contribution in [0.3, 0.4) is 0 Å². The molecule has 3 heterocycles. The van der Waals surface area contributed by atoms with Gasteiger partial charge in [-0.2, -0.15) is 0 Å². The van der Waals surface area contributed by atoms with E-state index in [0.29, 0.717) is 31.9 Å². The van der Waals surface area contributed by atoms with Crippen molar-refractivity contribution < 1.29 is 0 Å². The number of aromatic nitrogens is 4. The van der Waals surface area contributed by atoms with Gasteiger partial charge in [0.25, 0.3) is 5.56 Å². The molecule has 0 radical (unpaired) electrons. The van der Waals surface area contributed by atoms with E-state index >= 15 is 0 Å². The maximum absolute atomic E-state index is 12.8. The van der Waals surface area contributed by atoms with Crippen LogP contribution in [-0.4, -0.2) is 32.6 Å². The molecule has 0 bridgehead atoms. The fourth-order valence-electron chi connectivity index (χ4n) is 5.53. The van der Waals surface area contributed by atoms with Gasteiger partial charge in [-0.3, -0.25) is 9.36 Å². The summed E-state index contributed by atoms with van der Waals surface area (Å²) in [5.41, 5.74) is 16.1. The van der Waals surface area contributed by atoms with Crippen molar-refractivity contribution in [3.8, 4) is 0 Å². The predicted octanol–water partition coefficient (Wildman–Crippen LogP) is 3.95. The van der Waals surface area contributed by atoms with Crippen molar-refractivity contribution in [2.75, 3.05) is 23.7 Å². The van der Waals surface area contributed by atoms with Crippen LogP contribution in [0.25, 0.3) is 10.9 Å². The fraction of sp³-hybridized carbons (Fsp3) is 0.308. The first kappa shape index (κ1) is 23.3. The van der Waals surface area contributed by atoms with Crippen LogP contribution in [0.5, 0.6) is 0 Å². The number of nitrogens with two attached hydrogens (primary N) is 2. The molecule has 0 amide bonds. The molecule has 1 atom stereocenters. The van der Waals surface area contributed by atoms with Gasteiger partial charge in [0.1, 0.15) is 10.8 Å². The summed E-state index contributed by atoms with van der Waals surface area (Å²) in [7, 11) is 1.66. The molecule has 2 aromatic carbocycles. The number of halogens is 1. The third-order valence-electron chi connectivity index (χ3n) is 7.63. The molecule has 36 heavy (non-hydrogen) atoms. The van der Waals surface area contributed by atoms with E-state index in [2.05, 4.69) is 44.1 Å². The van der Waals surface area contributed by atoms with Crippen LogP contribution in [0.2, 0.25) is 5.02 Å². The van der Waals surface area contributed by atoms with Crippen LogP contribution in [0.4, 0.5) is 11.6 Å². The highest BCUT2D eigenvalue weighted by molar-refractivity contribution is 7.99. The number of benzene rings is 2. The average molecular weight is 520 g/mol. The Bertz CT molecular complexity index is 1550. The topological polar surface area (TPSA) is 116 Å². The van der Waals surface area contributed by atoms with Crippen LogP contribution < -0.4 is 21.9 Å². The van der Waals surface area contributed by atoms with Gasteiger partial charge in [0.15, 0.2) is 11.0 Å². The van der Waals surface area contributed by atoms with Crippen molar-refractivity contribution >= 4 is 45.9 Å².